The van der Waals surface area contributed by atoms with Crippen LogP contribution in [0.1, 0.15) is 52.8 Å². The van der Waals surface area contributed by atoms with Crippen LogP contribution in [0.3, 0.4) is 0 Å². The molecule has 2 aromatic carbocycles. The Labute approximate surface area is 227 Å². The molecule has 0 radical (unpaired) electrons. The van der Waals surface area contributed by atoms with Gasteiger partial charge < -0.3 is 19.1 Å². The first kappa shape index (κ1) is 27.4. The number of nitrogens with zero attached hydrogens (tertiary/aromatic N) is 3. The van der Waals surface area contributed by atoms with E-state index in [-0.39, 0.29) is 24.3 Å². The number of esters is 1. The topological polar surface area (TPSA) is 100.0 Å². The van der Waals surface area contributed by atoms with Crippen LogP contribution < -0.4 is 10.2 Å². The highest BCUT2D eigenvalue weighted by atomic mass is 19.2. The zero-order valence-corrected chi connectivity index (χ0v) is 21.5. The van der Waals surface area contributed by atoms with E-state index in [0.717, 1.165) is 12.3 Å². The highest BCUT2D eigenvalue weighted by molar-refractivity contribution is 5.96. The van der Waals surface area contributed by atoms with E-state index in [0.29, 0.717) is 24.9 Å². The maximum Gasteiger partial charge on any atom is 0.311 e. The van der Waals surface area contributed by atoms with E-state index >= 15 is 4.39 Å². The van der Waals surface area contributed by atoms with Crippen molar-refractivity contribution in [3.8, 4) is 5.75 Å². The Morgan fingerprint density at radius 2 is 1.95 bits per heavy atom. The summed E-state index contributed by atoms with van der Waals surface area (Å²) in [6.45, 7) is -0.182. The highest BCUT2D eigenvalue weighted by Gasteiger charge is 2.49. The van der Waals surface area contributed by atoms with Crippen molar-refractivity contribution in [2.75, 3.05) is 27.1 Å². The molecule has 0 bridgehead atoms. The molecule has 40 heavy (non-hydrogen) atoms. The maximum atomic E-state index is 15.4. The van der Waals surface area contributed by atoms with E-state index in [2.05, 4.69) is 5.10 Å². The molecule has 3 aromatic rings. The second-order valence-corrected chi connectivity index (χ2v) is 9.53. The van der Waals surface area contributed by atoms with Crippen molar-refractivity contribution >= 4 is 11.9 Å². The summed E-state index contributed by atoms with van der Waals surface area (Å²) in [4.78, 5) is 39.9. The first-order valence-electron chi connectivity index (χ1n) is 12.7. The van der Waals surface area contributed by atoms with Crippen LogP contribution in [0.25, 0.3) is 0 Å². The minimum Gasteiger partial charge on any atom is -0.451 e. The normalized spacial score (nSPS) is 18.7. The summed E-state index contributed by atoms with van der Waals surface area (Å²) in [5.41, 5.74) is -0.681. The lowest BCUT2D eigenvalue weighted by atomic mass is 9.79. The molecule has 0 saturated carbocycles. The number of ether oxygens (including phenoxy) is 3. The summed E-state index contributed by atoms with van der Waals surface area (Å²) >= 11 is 0. The van der Waals surface area contributed by atoms with Gasteiger partial charge in [0, 0.05) is 25.1 Å². The van der Waals surface area contributed by atoms with Gasteiger partial charge in [-0.3, -0.25) is 19.1 Å². The van der Waals surface area contributed by atoms with Crippen LogP contribution in [0.2, 0.25) is 0 Å². The second kappa shape index (κ2) is 11.5. The van der Waals surface area contributed by atoms with Gasteiger partial charge in [0.25, 0.3) is 5.91 Å². The monoisotopic (exact) mass is 557 g/mol. The fourth-order valence-corrected chi connectivity index (χ4v) is 5.51. The van der Waals surface area contributed by atoms with E-state index in [9.17, 15) is 23.2 Å². The molecule has 2 aliphatic heterocycles. The number of hydrogen-bond donors (Lipinski definition) is 0. The number of amides is 1. The van der Waals surface area contributed by atoms with E-state index in [1.54, 1.807) is 11.0 Å². The third-order valence-electron chi connectivity index (χ3n) is 7.21. The molecule has 12 heteroatoms. The first-order chi connectivity index (χ1) is 19.3. The standard InChI is InChI=1S/C28H26F3N3O6/c1-38-12-10-22(36)39-15-40-27-21(35)14-32-34-25(20-9-4-11-33(20)28(37)26(27)34)23(16-5-2-6-17(29)13-16)18-7-3-8-19(30)24(18)31/h2-3,5-8,13-14,20,23,25H,4,9-12,15H2,1H3/t20-,23?,25-/m1/s1. The van der Waals surface area contributed by atoms with Crippen molar-refractivity contribution in [1.82, 2.24) is 14.7 Å². The van der Waals surface area contributed by atoms with Crippen LogP contribution in [-0.4, -0.2) is 59.7 Å². The summed E-state index contributed by atoms with van der Waals surface area (Å²) in [5.74, 6) is -5.35. The molecular weight excluding hydrogens is 531 g/mol. The number of carbonyl (C=O) groups excluding carboxylic acids is 2. The minimum absolute atomic E-state index is 0.0434. The van der Waals surface area contributed by atoms with Crippen LogP contribution in [0, 0.1) is 17.5 Å². The number of benzene rings is 2. The smallest absolute Gasteiger partial charge is 0.311 e. The second-order valence-electron chi connectivity index (χ2n) is 9.53. The lowest BCUT2D eigenvalue weighted by Crippen LogP contribution is -2.51. The Hall–Kier alpha value is -4.19. The summed E-state index contributed by atoms with van der Waals surface area (Å²) in [6.07, 6.45) is 2.03. The number of fused-ring (bicyclic) bond motifs is 2. The molecular formula is C28H26F3N3O6. The summed E-state index contributed by atoms with van der Waals surface area (Å²) < 4.78 is 60.9. The molecule has 1 aromatic heterocycles. The maximum absolute atomic E-state index is 15.4. The Morgan fingerprint density at radius 3 is 2.73 bits per heavy atom. The molecule has 5 rings (SSSR count). The van der Waals surface area contributed by atoms with Gasteiger partial charge in [0.15, 0.2) is 17.3 Å². The lowest BCUT2D eigenvalue weighted by molar-refractivity contribution is -0.151. The van der Waals surface area contributed by atoms with Gasteiger partial charge in [-0.2, -0.15) is 5.10 Å². The summed E-state index contributed by atoms with van der Waals surface area (Å²) in [6, 6.07) is 7.87. The number of hydrogen-bond acceptors (Lipinski definition) is 7. The Bertz CT molecular complexity index is 1500. The van der Waals surface area contributed by atoms with Crippen molar-refractivity contribution < 1.29 is 37.0 Å². The van der Waals surface area contributed by atoms with Gasteiger partial charge in [-0.15, -0.1) is 0 Å². The van der Waals surface area contributed by atoms with Crippen molar-refractivity contribution in [1.29, 1.82) is 0 Å². The third-order valence-corrected chi connectivity index (χ3v) is 7.21. The largest absolute Gasteiger partial charge is 0.451 e. The molecule has 2 aliphatic rings. The van der Waals surface area contributed by atoms with Crippen LogP contribution in [-0.2, 0) is 14.3 Å². The van der Waals surface area contributed by atoms with E-state index in [1.807, 2.05) is 0 Å². The average molecular weight is 558 g/mol. The molecule has 3 atom stereocenters. The van der Waals surface area contributed by atoms with Gasteiger partial charge in [-0.25, -0.2) is 13.2 Å². The van der Waals surface area contributed by atoms with Crippen LogP contribution in [0.5, 0.6) is 5.75 Å². The molecule has 1 amide bonds. The summed E-state index contributed by atoms with van der Waals surface area (Å²) in [5, 5.41) is 4.24. The predicted octanol–water partition coefficient (Wildman–Crippen LogP) is 3.57. The SMILES string of the molecule is COCCC(=O)OCOc1c2n(ncc1=O)[C@@H](C(c1cccc(F)c1)c1cccc(F)c1F)[C@H]1CCCN1C2=O. The number of aromatic nitrogens is 2. The average Bonchev–Trinajstić information content (AvgIpc) is 3.43. The minimum atomic E-state index is -1.11. The molecule has 9 nitrogen and oxygen atoms in total. The van der Waals surface area contributed by atoms with Gasteiger partial charge in [0.2, 0.25) is 18.0 Å². The third kappa shape index (κ3) is 5.06. The Balaban J connectivity index is 1.64. The van der Waals surface area contributed by atoms with Crippen molar-refractivity contribution in [3.05, 3.63) is 93.2 Å². The number of methoxy groups -OCH3 is 1. The zero-order chi connectivity index (χ0) is 28.4. The highest BCUT2D eigenvalue weighted by Crippen LogP contribution is 2.46. The first-order valence-corrected chi connectivity index (χ1v) is 12.7. The van der Waals surface area contributed by atoms with Crippen molar-refractivity contribution in [2.45, 2.75) is 37.3 Å². The van der Waals surface area contributed by atoms with Crippen LogP contribution in [0.4, 0.5) is 13.2 Å². The quantitative estimate of drug-likeness (QED) is 0.293. The molecule has 0 N–H and O–H groups in total. The van der Waals surface area contributed by atoms with E-state index < -0.39 is 65.3 Å². The number of halogens is 3. The van der Waals surface area contributed by atoms with E-state index in [4.69, 9.17) is 14.2 Å². The molecule has 3 heterocycles. The molecule has 210 valence electrons. The Kier molecular flexibility index (Phi) is 7.88. The van der Waals surface area contributed by atoms with Gasteiger partial charge in [-0.05, 0) is 36.6 Å². The van der Waals surface area contributed by atoms with Gasteiger partial charge in [0.1, 0.15) is 5.82 Å². The fourth-order valence-electron chi connectivity index (χ4n) is 5.51. The number of rotatable bonds is 9. The van der Waals surface area contributed by atoms with Crippen molar-refractivity contribution in [2.24, 2.45) is 0 Å². The number of carbonyl (C=O) groups is 2. The van der Waals surface area contributed by atoms with Crippen molar-refractivity contribution in [3.63, 3.8) is 0 Å². The Morgan fingerprint density at radius 1 is 1.15 bits per heavy atom. The van der Waals surface area contributed by atoms with Crippen LogP contribution >= 0.6 is 0 Å². The van der Waals surface area contributed by atoms with E-state index in [1.165, 1.54) is 42.1 Å². The fraction of sp³-hybridized carbons (Fsp3) is 0.357. The van der Waals surface area contributed by atoms with Gasteiger partial charge in [0.05, 0.1) is 31.3 Å². The van der Waals surface area contributed by atoms with Gasteiger partial charge >= 0.3 is 5.97 Å². The molecule has 0 spiro atoms. The predicted molar refractivity (Wildman–Crippen MR) is 134 cm³/mol. The molecule has 1 unspecified atom stereocenters. The zero-order valence-electron chi connectivity index (χ0n) is 21.5. The lowest BCUT2D eigenvalue weighted by Gasteiger charge is -2.42. The molecule has 1 fully saturated rings. The van der Waals surface area contributed by atoms with Gasteiger partial charge in [-0.1, -0.05) is 24.3 Å². The molecule has 0 aliphatic carbocycles. The summed E-state index contributed by atoms with van der Waals surface area (Å²) in [7, 11) is 1.43. The molecule has 1 saturated heterocycles. The van der Waals surface area contributed by atoms with Crippen LogP contribution in [0.15, 0.2) is 53.5 Å².